The van der Waals surface area contributed by atoms with E-state index in [0.717, 1.165) is 62.8 Å². The maximum Gasteiger partial charge on any atom is 0.180 e. The molecule has 0 amide bonds. The Bertz CT molecular complexity index is 960. The molecular formula is C23H26N6. The number of anilines is 1. The molecule has 2 aliphatic heterocycles. The fourth-order valence-electron chi connectivity index (χ4n) is 4.22. The third-order valence-corrected chi connectivity index (χ3v) is 5.69. The summed E-state index contributed by atoms with van der Waals surface area (Å²) in [6.07, 6.45) is 3.88. The van der Waals surface area contributed by atoms with Gasteiger partial charge in [0.2, 0.25) is 0 Å². The third kappa shape index (κ3) is 4.13. The Balaban J connectivity index is 1.35. The number of rotatable bonds is 5. The molecule has 0 radical (unpaired) electrons. The Morgan fingerprint density at radius 3 is 2.83 bits per heavy atom. The number of nitrogens with zero attached hydrogens (tertiary/aromatic N) is 4. The lowest BCUT2D eigenvalue weighted by Crippen LogP contribution is -2.30. The van der Waals surface area contributed by atoms with Crippen molar-refractivity contribution < 1.29 is 0 Å². The van der Waals surface area contributed by atoms with Crippen LogP contribution in [0.5, 0.6) is 0 Å². The van der Waals surface area contributed by atoms with Crippen LogP contribution in [0.2, 0.25) is 0 Å². The molecule has 6 nitrogen and oxygen atoms in total. The van der Waals surface area contributed by atoms with Gasteiger partial charge in [-0.1, -0.05) is 36.4 Å². The van der Waals surface area contributed by atoms with E-state index in [4.69, 9.17) is 9.97 Å². The third-order valence-electron chi connectivity index (χ3n) is 5.69. The Morgan fingerprint density at radius 2 is 1.97 bits per heavy atom. The van der Waals surface area contributed by atoms with Gasteiger partial charge in [-0.15, -0.1) is 0 Å². The molecule has 2 N–H and O–H groups in total. The normalized spacial score (nSPS) is 19.1. The molecule has 1 aromatic carbocycles. The number of benzene rings is 1. The molecular weight excluding hydrogens is 360 g/mol. The zero-order chi connectivity index (χ0) is 19.5. The molecule has 2 aliphatic rings. The minimum atomic E-state index is 0.407. The van der Waals surface area contributed by atoms with Crippen LogP contribution in [-0.4, -0.2) is 45.5 Å². The van der Waals surface area contributed by atoms with Gasteiger partial charge in [0, 0.05) is 44.0 Å². The summed E-state index contributed by atoms with van der Waals surface area (Å²) in [4.78, 5) is 16.7. The second-order valence-electron chi connectivity index (χ2n) is 7.81. The van der Waals surface area contributed by atoms with Crippen molar-refractivity contribution in [3.05, 3.63) is 71.5 Å². The van der Waals surface area contributed by atoms with E-state index in [1.165, 1.54) is 11.1 Å². The molecule has 6 heteroatoms. The van der Waals surface area contributed by atoms with Gasteiger partial charge in [0.25, 0.3) is 0 Å². The van der Waals surface area contributed by atoms with Gasteiger partial charge >= 0.3 is 0 Å². The predicted octanol–water partition coefficient (Wildman–Crippen LogP) is 2.87. The highest BCUT2D eigenvalue weighted by atomic mass is 15.2. The molecule has 3 aromatic rings. The van der Waals surface area contributed by atoms with E-state index in [0.29, 0.717) is 11.9 Å². The molecule has 1 unspecified atom stereocenters. The van der Waals surface area contributed by atoms with E-state index >= 15 is 0 Å². The van der Waals surface area contributed by atoms with Crippen LogP contribution in [0.15, 0.2) is 54.7 Å². The number of pyridine rings is 1. The van der Waals surface area contributed by atoms with Crippen molar-refractivity contribution in [1.82, 2.24) is 25.2 Å². The lowest BCUT2D eigenvalue weighted by Gasteiger charge is -2.23. The summed E-state index contributed by atoms with van der Waals surface area (Å²) in [5.74, 6) is 1.69. The van der Waals surface area contributed by atoms with Crippen molar-refractivity contribution in [3.8, 4) is 11.5 Å². The Kier molecular flexibility index (Phi) is 5.19. The van der Waals surface area contributed by atoms with E-state index in [2.05, 4.69) is 50.8 Å². The SMILES string of the molecule is c1ccc(CN2CCC(Nc3nc(-c4ccccn4)nc4c3CCNC4)C2)cc1. The largest absolute Gasteiger partial charge is 0.366 e. The first-order chi connectivity index (χ1) is 14.3. The first kappa shape index (κ1) is 18.2. The van der Waals surface area contributed by atoms with Crippen LogP contribution in [0.25, 0.3) is 11.5 Å². The van der Waals surface area contributed by atoms with E-state index in [1.807, 2.05) is 18.2 Å². The van der Waals surface area contributed by atoms with Crippen LogP contribution < -0.4 is 10.6 Å². The summed E-state index contributed by atoms with van der Waals surface area (Å²) in [6.45, 7) is 4.90. The standard InChI is InChI=1S/C23H26N6/c1-2-6-17(7-3-1)15-29-13-10-18(16-29)26-22-19-9-12-24-14-21(19)27-23(28-22)20-8-4-5-11-25-20/h1-8,11,18,24H,9-10,12-16H2,(H,26,27,28). The van der Waals surface area contributed by atoms with Crippen molar-refractivity contribution in [3.63, 3.8) is 0 Å². The maximum absolute atomic E-state index is 4.90. The zero-order valence-electron chi connectivity index (χ0n) is 16.5. The average molecular weight is 387 g/mol. The average Bonchev–Trinajstić information content (AvgIpc) is 3.21. The van der Waals surface area contributed by atoms with E-state index in [1.54, 1.807) is 6.20 Å². The maximum atomic E-state index is 4.90. The molecule has 0 bridgehead atoms. The second kappa shape index (κ2) is 8.27. The highest BCUT2D eigenvalue weighted by Crippen LogP contribution is 2.26. The molecule has 0 saturated carbocycles. The van der Waals surface area contributed by atoms with Gasteiger partial charge in [0.05, 0.1) is 5.69 Å². The van der Waals surface area contributed by atoms with Crippen LogP contribution >= 0.6 is 0 Å². The molecule has 148 valence electrons. The molecule has 1 saturated heterocycles. The molecule has 0 spiro atoms. The smallest absolute Gasteiger partial charge is 0.180 e. The molecule has 4 heterocycles. The van der Waals surface area contributed by atoms with E-state index < -0.39 is 0 Å². The van der Waals surface area contributed by atoms with Crippen molar-refractivity contribution in [2.24, 2.45) is 0 Å². The predicted molar refractivity (Wildman–Crippen MR) is 114 cm³/mol. The monoisotopic (exact) mass is 386 g/mol. The van der Waals surface area contributed by atoms with Gasteiger partial charge in [-0.05, 0) is 37.1 Å². The lowest BCUT2D eigenvalue weighted by atomic mass is 10.1. The highest BCUT2D eigenvalue weighted by molar-refractivity contribution is 5.57. The number of hydrogen-bond donors (Lipinski definition) is 2. The van der Waals surface area contributed by atoms with Gasteiger partial charge in [-0.2, -0.15) is 0 Å². The quantitative estimate of drug-likeness (QED) is 0.703. The van der Waals surface area contributed by atoms with Crippen LogP contribution in [0.1, 0.15) is 23.2 Å². The first-order valence-corrected chi connectivity index (χ1v) is 10.4. The van der Waals surface area contributed by atoms with Crippen LogP contribution in [0.3, 0.4) is 0 Å². The Hall–Kier alpha value is -2.83. The topological polar surface area (TPSA) is 66.0 Å². The Labute approximate surface area is 171 Å². The minimum absolute atomic E-state index is 0.407. The van der Waals surface area contributed by atoms with Gasteiger partial charge in [0.1, 0.15) is 11.5 Å². The second-order valence-corrected chi connectivity index (χ2v) is 7.81. The highest BCUT2D eigenvalue weighted by Gasteiger charge is 2.25. The van der Waals surface area contributed by atoms with E-state index in [9.17, 15) is 0 Å². The van der Waals surface area contributed by atoms with Crippen molar-refractivity contribution in [2.45, 2.75) is 32.0 Å². The summed E-state index contributed by atoms with van der Waals surface area (Å²) in [6, 6.07) is 17.0. The summed E-state index contributed by atoms with van der Waals surface area (Å²) in [5.41, 5.74) is 4.54. The van der Waals surface area contributed by atoms with Crippen LogP contribution in [0, 0.1) is 0 Å². The summed E-state index contributed by atoms with van der Waals surface area (Å²) in [5, 5.41) is 7.17. The van der Waals surface area contributed by atoms with Crippen LogP contribution in [-0.2, 0) is 19.5 Å². The summed E-state index contributed by atoms with van der Waals surface area (Å²) < 4.78 is 0. The molecule has 0 aliphatic carbocycles. The molecule has 1 fully saturated rings. The van der Waals surface area contributed by atoms with Gasteiger partial charge in [-0.3, -0.25) is 9.88 Å². The molecule has 29 heavy (non-hydrogen) atoms. The lowest BCUT2D eigenvalue weighted by molar-refractivity contribution is 0.328. The van der Waals surface area contributed by atoms with Crippen LogP contribution in [0.4, 0.5) is 5.82 Å². The number of likely N-dealkylation sites (tertiary alicyclic amines) is 1. The minimum Gasteiger partial charge on any atom is -0.366 e. The fraction of sp³-hybridized carbons (Fsp3) is 0.348. The summed E-state index contributed by atoms with van der Waals surface area (Å²) in [7, 11) is 0. The van der Waals surface area contributed by atoms with Crippen molar-refractivity contribution in [2.75, 3.05) is 25.0 Å². The number of fused-ring (bicyclic) bond motifs is 1. The number of hydrogen-bond acceptors (Lipinski definition) is 6. The van der Waals surface area contributed by atoms with Crippen molar-refractivity contribution >= 4 is 5.82 Å². The van der Waals surface area contributed by atoms with Gasteiger partial charge in [-0.25, -0.2) is 9.97 Å². The van der Waals surface area contributed by atoms with E-state index in [-0.39, 0.29) is 0 Å². The Morgan fingerprint density at radius 1 is 1.07 bits per heavy atom. The number of nitrogens with one attached hydrogen (secondary N) is 2. The van der Waals surface area contributed by atoms with Gasteiger partial charge < -0.3 is 10.6 Å². The van der Waals surface area contributed by atoms with Gasteiger partial charge in [0.15, 0.2) is 5.82 Å². The molecule has 5 rings (SSSR count). The zero-order valence-corrected chi connectivity index (χ0v) is 16.5. The first-order valence-electron chi connectivity index (χ1n) is 10.4. The fourth-order valence-corrected chi connectivity index (χ4v) is 4.22. The summed E-state index contributed by atoms with van der Waals surface area (Å²) >= 11 is 0. The van der Waals surface area contributed by atoms with Crippen molar-refractivity contribution in [1.29, 1.82) is 0 Å². The molecule has 1 atom stereocenters. The molecule has 2 aromatic heterocycles. The number of aromatic nitrogens is 3.